The summed E-state index contributed by atoms with van der Waals surface area (Å²) in [5.74, 6) is 0. The van der Waals surface area contributed by atoms with Crippen LogP contribution in [-0.4, -0.2) is 30.1 Å². The van der Waals surface area contributed by atoms with Crippen LogP contribution >= 0.6 is 11.8 Å². The topological polar surface area (TPSA) is 54.5 Å². The highest BCUT2D eigenvalue weighted by Gasteiger charge is 2.33. The molecule has 3 rings (SSSR count). The lowest BCUT2D eigenvalue weighted by Crippen LogP contribution is -2.40. The van der Waals surface area contributed by atoms with E-state index in [9.17, 15) is 13.2 Å². The third-order valence-electron chi connectivity index (χ3n) is 4.87. The Kier molecular flexibility index (Phi) is 7.48. The Bertz CT molecular complexity index is 1060. The van der Waals surface area contributed by atoms with Crippen LogP contribution in [-0.2, 0) is 16.6 Å². The van der Waals surface area contributed by atoms with Gasteiger partial charge in [-0.05, 0) is 18.1 Å². The zero-order chi connectivity index (χ0) is 21.6. The van der Waals surface area contributed by atoms with E-state index in [2.05, 4.69) is 0 Å². The molecule has 3 aromatic carbocycles. The van der Waals surface area contributed by atoms with E-state index in [1.54, 1.807) is 12.1 Å². The van der Waals surface area contributed by atoms with Crippen LogP contribution in [0.25, 0.3) is 0 Å². The molecule has 0 aliphatic carbocycles. The number of nitrogens with zero attached hydrogens (tertiary/aromatic N) is 1. The Labute approximate surface area is 183 Å². The van der Waals surface area contributed by atoms with Gasteiger partial charge in [0.1, 0.15) is 0 Å². The first-order chi connectivity index (χ1) is 14.4. The number of carbonyl (C=O) groups excluding carboxylic acids is 1. The minimum absolute atomic E-state index is 0.0792. The van der Waals surface area contributed by atoms with Gasteiger partial charge in [-0.15, -0.1) is 0 Å². The van der Waals surface area contributed by atoms with Crippen LogP contribution in [0.2, 0.25) is 0 Å². The summed E-state index contributed by atoms with van der Waals surface area (Å²) in [7, 11) is -3.51. The molecule has 0 saturated heterocycles. The molecule has 0 aliphatic heterocycles. The van der Waals surface area contributed by atoms with Crippen LogP contribution < -0.4 is 0 Å². The Balaban J connectivity index is 1.95. The molecule has 0 N–H and O–H groups in total. The van der Waals surface area contributed by atoms with Crippen LogP contribution in [0.1, 0.15) is 33.7 Å². The maximum atomic E-state index is 13.0. The highest BCUT2D eigenvalue weighted by Crippen LogP contribution is 2.38. The van der Waals surface area contributed by atoms with Gasteiger partial charge in [0.05, 0.1) is 11.5 Å². The molecule has 6 heteroatoms. The highest BCUT2D eigenvalue weighted by molar-refractivity contribution is 8.14. The molecule has 0 saturated carbocycles. The third kappa shape index (κ3) is 5.81. The van der Waals surface area contributed by atoms with Crippen molar-refractivity contribution in [1.82, 2.24) is 4.31 Å². The molecule has 0 bridgehead atoms. The minimum atomic E-state index is -3.51. The van der Waals surface area contributed by atoms with Crippen molar-refractivity contribution < 1.29 is 13.2 Å². The van der Waals surface area contributed by atoms with E-state index >= 15 is 0 Å². The standard InChI is InChI=1S/C24H25NO3S2/c1-19(25(30(2,27)28)18-20-12-6-3-7-13-20)23(21-14-8-4-9-15-21)29-24(26)22-16-10-5-11-17-22/h3-17,19,23H,18H2,1-2H3/t19-,23-/m1/s1. The molecule has 0 aliphatic rings. The van der Waals surface area contributed by atoms with Gasteiger partial charge in [0.15, 0.2) is 0 Å². The molecule has 3 aromatic rings. The van der Waals surface area contributed by atoms with Gasteiger partial charge in [0.2, 0.25) is 15.1 Å². The molecule has 156 valence electrons. The van der Waals surface area contributed by atoms with Crippen molar-refractivity contribution >= 4 is 26.9 Å². The average Bonchev–Trinajstić information content (AvgIpc) is 2.76. The van der Waals surface area contributed by atoms with E-state index in [4.69, 9.17) is 0 Å². The summed E-state index contributed by atoms with van der Waals surface area (Å²) in [6, 6.07) is 27.7. The maximum Gasteiger partial charge on any atom is 0.220 e. The fourth-order valence-corrected chi connectivity index (χ4v) is 5.65. The second kappa shape index (κ2) is 10.1. The molecule has 0 unspecified atom stereocenters. The predicted molar refractivity (Wildman–Crippen MR) is 124 cm³/mol. The number of hydrogen-bond acceptors (Lipinski definition) is 4. The average molecular weight is 440 g/mol. The molecular formula is C24H25NO3S2. The molecule has 30 heavy (non-hydrogen) atoms. The lowest BCUT2D eigenvalue weighted by atomic mass is 10.1. The highest BCUT2D eigenvalue weighted by atomic mass is 32.2. The Morgan fingerprint density at radius 1 is 0.867 bits per heavy atom. The summed E-state index contributed by atoms with van der Waals surface area (Å²) in [5.41, 5.74) is 2.42. The molecule has 0 fully saturated rings. The monoisotopic (exact) mass is 439 g/mol. The first-order valence-corrected chi connectivity index (χ1v) is 12.4. The number of thioether (sulfide) groups is 1. The van der Waals surface area contributed by atoms with Gasteiger partial charge in [0.25, 0.3) is 0 Å². The van der Waals surface area contributed by atoms with E-state index in [0.29, 0.717) is 5.56 Å². The number of benzene rings is 3. The molecule has 4 nitrogen and oxygen atoms in total. The molecule has 0 spiro atoms. The van der Waals surface area contributed by atoms with Crippen molar-refractivity contribution in [2.75, 3.05) is 6.26 Å². The zero-order valence-electron chi connectivity index (χ0n) is 17.0. The van der Waals surface area contributed by atoms with Crippen molar-refractivity contribution in [2.45, 2.75) is 24.8 Å². The van der Waals surface area contributed by atoms with E-state index in [1.807, 2.05) is 85.8 Å². The van der Waals surface area contributed by atoms with Gasteiger partial charge in [-0.1, -0.05) is 103 Å². The second-order valence-corrected chi connectivity index (χ2v) is 10.2. The zero-order valence-corrected chi connectivity index (χ0v) is 18.6. The lowest BCUT2D eigenvalue weighted by molar-refractivity contribution is 0.108. The molecule has 0 amide bonds. The van der Waals surface area contributed by atoms with Gasteiger partial charge in [0, 0.05) is 18.2 Å². The van der Waals surface area contributed by atoms with E-state index in [1.165, 1.54) is 22.3 Å². The SMILES string of the molecule is C[C@H]([C@@H](SC(=O)c1ccccc1)c1ccccc1)N(Cc1ccccc1)S(C)(=O)=O. The summed E-state index contributed by atoms with van der Waals surface area (Å²) in [6.07, 6.45) is 1.22. The van der Waals surface area contributed by atoms with Crippen LogP contribution in [0.5, 0.6) is 0 Å². The van der Waals surface area contributed by atoms with E-state index in [-0.39, 0.29) is 16.9 Å². The van der Waals surface area contributed by atoms with Crippen molar-refractivity contribution in [3.05, 3.63) is 108 Å². The summed E-state index contributed by atoms with van der Waals surface area (Å²) in [4.78, 5) is 13.0. The third-order valence-corrected chi connectivity index (χ3v) is 7.55. The quantitative estimate of drug-likeness (QED) is 0.487. The molecule has 0 radical (unpaired) electrons. The Morgan fingerprint density at radius 3 is 1.90 bits per heavy atom. The molecular weight excluding hydrogens is 414 g/mol. The first-order valence-electron chi connectivity index (χ1n) is 9.68. The Morgan fingerprint density at radius 2 is 1.37 bits per heavy atom. The minimum Gasteiger partial charge on any atom is -0.282 e. The fourth-order valence-electron chi connectivity index (χ4n) is 3.32. The Hall–Kier alpha value is -2.41. The largest absolute Gasteiger partial charge is 0.282 e. The maximum absolute atomic E-state index is 13.0. The van der Waals surface area contributed by atoms with E-state index < -0.39 is 16.1 Å². The number of rotatable bonds is 8. The summed E-state index contributed by atoms with van der Waals surface area (Å²) in [5, 5.41) is -0.429. The van der Waals surface area contributed by atoms with Crippen LogP contribution in [0.15, 0.2) is 91.0 Å². The smallest absolute Gasteiger partial charge is 0.220 e. The normalized spacial score (nSPS) is 13.7. The lowest BCUT2D eigenvalue weighted by Gasteiger charge is -2.33. The predicted octanol–water partition coefficient (Wildman–Crippen LogP) is 5.15. The van der Waals surface area contributed by atoms with Crippen LogP contribution in [0.3, 0.4) is 0 Å². The van der Waals surface area contributed by atoms with Gasteiger partial charge in [-0.3, -0.25) is 4.79 Å². The summed E-state index contributed by atoms with van der Waals surface area (Å²) in [6.45, 7) is 2.12. The van der Waals surface area contributed by atoms with Crippen LogP contribution in [0.4, 0.5) is 0 Å². The summed E-state index contributed by atoms with van der Waals surface area (Å²) < 4.78 is 26.9. The second-order valence-electron chi connectivity index (χ2n) is 7.14. The number of carbonyl (C=O) groups is 1. The van der Waals surface area contributed by atoms with Gasteiger partial charge in [-0.25, -0.2) is 8.42 Å². The molecule has 2 atom stereocenters. The summed E-state index contributed by atoms with van der Waals surface area (Å²) >= 11 is 1.17. The van der Waals surface area contributed by atoms with Crippen molar-refractivity contribution in [3.8, 4) is 0 Å². The van der Waals surface area contributed by atoms with Crippen molar-refractivity contribution in [1.29, 1.82) is 0 Å². The van der Waals surface area contributed by atoms with Gasteiger partial charge >= 0.3 is 0 Å². The molecule has 0 heterocycles. The van der Waals surface area contributed by atoms with E-state index in [0.717, 1.165) is 11.1 Å². The van der Waals surface area contributed by atoms with Crippen molar-refractivity contribution in [3.63, 3.8) is 0 Å². The number of sulfonamides is 1. The van der Waals surface area contributed by atoms with Gasteiger partial charge < -0.3 is 0 Å². The fraction of sp³-hybridized carbons (Fsp3) is 0.208. The first kappa shape index (κ1) is 22.3. The van der Waals surface area contributed by atoms with Crippen molar-refractivity contribution in [2.24, 2.45) is 0 Å². The molecule has 0 aromatic heterocycles. The van der Waals surface area contributed by atoms with Gasteiger partial charge in [-0.2, -0.15) is 4.31 Å². The van der Waals surface area contributed by atoms with Crippen LogP contribution in [0, 0.1) is 0 Å². The number of hydrogen-bond donors (Lipinski definition) is 0.